The summed E-state index contributed by atoms with van der Waals surface area (Å²) in [6.45, 7) is 11.3. The van der Waals surface area contributed by atoms with Crippen LogP contribution in [0.1, 0.15) is 234 Å². The highest BCUT2D eigenvalue weighted by atomic mass is 16.6. The average Bonchev–Trinajstić information content (AvgIpc) is 3.09. The Morgan fingerprint density at radius 3 is 1.14 bits per heavy atom. The van der Waals surface area contributed by atoms with Gasteiger partial charge in [0, 0.05) is 19.3 Å². The summed E-state index contributed by atoms with van der Waals surface area (Å²) in [5, 5.41) is 0. The third kappa shape index (κ3) is 36.2. The molecule has 0 fully saturated rings. The van der Waals surface area contributed by atoms with E-state index in [1.54, 1.807) is 0 Å². The minimum atomic E-state index is -0.759. The molecule has 296 valence electrons. The van der Waals surface area contributed by atoms with E-state index < -0.39 is 6.10 Å². The molecule has 50 heavy (non-hydrogen) atoms. The first-order chi connectivity index (χ1) is 24.3. The molecule has 0 heterocycles. The van der Waals surface area contributed by atoms with Gasteiger partial charge in [0.2, 0.25) is 0 Å². The molecule has 0 spiro atoms. The number of ether oxygens (including phenoxy) is 3. The van der Waals surface area contributed by atoms with Gasteiger partial charge in [-0.1, -0.05) is 195 Å². The Kier molecular flexibility index (Phi) is 36.0. The molecule has 0 saturated carbocycles. The molecule has 1 unspecified atom stereocenters. The van der Waals surface area contributed by atoms with Crippen LogP contribution in [0.15, 0.2) is 0 Å². The summed E-state index contributed by atoms with van der Waals surface area (Å²) in [5.41, 5.74) is 0. The standard InChI is InChI=1S/C44H84O6/c1-6-8-9-10-17-24-29-34-42(45)48-37-41(50-44(47)36-31-26-21-16-15-18-22-27-32-39(3)4)38-49-43(46)35-30-25-20-14-12-11-13-19-23-28-33-40(5)7-2/h39-41H,6-38H2,1-5H3/t40?,41-/m0/s1. The molecule has 6 nitrogen and oxygen atoms in total. The van der Waals surface area contributed by atoms with Gasteiger partial charge in [-0.2, -0.15) is 0 Å². The minimum Gasteiger partial charge on any atom is -0.462 e. The van der Waals surface area contributed by atoms with Crippen molar-refractivity contribution in [1.82, 2.24) is 0 Å². The molecule has 0 saturated heterocycles. The first-order valence-corrected chi connectivity index (χ1v) is 21.8. The lowest BCUT2D eigenvalue weighted by atomic mass is 9.99. The molecule has 0 amide bonds. The predicted octanol–water partition coefficient (Wildman–Crippen LogP) is 13.4. The van der Waals surface area contributed by atoms with E-state index in [4.69, 9.17) is 14.2 Å². The highest BCUT2D eigenvalue weighted by Gasteiger charge is 2.19. The Bertz CT molecular complexity index is 766. The summed E-state index contributed by atoms with van der Waals surface area (Å²) in [4.78, 5) is 37.5. The van der Waals surface area contributed by atoms with Gasteiger partial charge in [-0.05, 0) is 31.1 Å². The SMILES string of the molecule is CCCCCCCCCC(=O)OC[C@@H](COC(=O)CCCCCCCCCCCCC(C)CC)OC(=O)CCCCCCCCCCC(C)C. The lowest BCUT2D eigenvalue weighted by molar-refractivity contribution is -0.167. The number of hydrogen-bond donors (Lipinski definition) is 0. The number of rotatable bonds is 38. The van der Waals surface area contributed by atoms with Crippen molar-refractivity contribution in [1.29, 1.82) is 0 Å². The van der Waals surface area contributed by atoms with Crippen molar-refractivity contribution in [3.05, 3.63) is 0 Å². The number of carbonyl (C=O) groups excluding carboxylic acids is 3. The summed E-state index contributed by atoms with van der Waals surface area (Å²) in [6.07, 6.45) is 33.8. The van der Waals surface area contributed by atoms with Crippen LogP contribution in [0.2, 0.25) is 0 Å². The van der Waals surface area contributed by atoms with E-state index in [2.05, 4.69) is 34.6 Å². The minimum absolute atomic E-state index is 0.0660. The van der Waals surface area contributed by atoms with Crippen LogP contribution >= 0.6 is 0 Å². The first kappa shape index (κ1) is 48.4. The summed E-state index contributed by atoms with van der Waals surface area (Å²) < 4.78 is 16.6. The second-order valence-corrected chi connectivity index (χ2v) is 15.7. The van der Waals surface area contributed by atoms with Crippen LogP contribution < -0.4 is 0 Å². The quantitative estimate of drug-likeness (QED) is 0.0361. The van der Waals surface area contributed by atoms with Crippen LogP contribution in [0, 0.1) is 11.8 Å². The zero-order valence-electron chi connectivity index (χ0n) is 34.0. The molecular weight excluding hydrogens is 624 g/mol. The number of unbranched alkanes of at least 4 members (excludes halogenated alkanes) is 22. The summed E-state index contributed by atoms with van der Waals surface area (Å²) >= 11 is 0. The van der Waals surface area contributed by atoms with Gasteiger partial charge < -0.3 is 14.2 Å². The fourth-order valence-electron chi connectivity index (χ4n) is 6.37. The summed E-state index contributed by atoms with van der Waals surface area (Å²) in [6, 6.07) is 0. The lowest BCUT2D eigenvalue weighted by Crippen LogP contribution is -2.30. The largest absolute Gasteiger partial charge is 0.462 e. The molecular formula is C44H84O6. The van der Waals surface area contributed by atoms with E-state index in [-0.39, 0.29) is 31.1 Å². The molecule has 0 N–H and O–H groups in total. The van der Waals surface area contributed by atoms with Gasteiger partial charge in [0.05, 0.1) is 0 Å². The van der Waals surface area contributed by atoms with Crippen molar-refractivity contribution < 1.29 is 28.6 Å². The smallest absolute Gasteiger partial charge is 0.306 e. The van der Waals surface area contributed by atoms with E-state index in [1.807, 2.05) is 0 Å². The van der Waals surface area contributed by atoms with Gasteiger partial charge in [-0.15, -0.1) is 0 Å². The number of carbonyl (C=O) groups is 3. The van der Waals surface area contributed by atoms with Crippen LogP contribution in [0.5, 0.6) is 0 Å². The van der Waals surface area contributed by atoms with Gasteiger partial charge in [0.1, 0.15) is 13.2 Å². The van der Waals surface area contributed by atoms with Crippen LogP contribution in [0.3, 0.4) is 0 Å². The topological polar surface area (TPSA) is 78.9 Å². The summed E-state index contributed by atoms with van der Waals surface area (Å²) in [7, 11) is 0. The Labute approximate surface area is 310 Å². The zero-order valence-corrected chi connectivity index (χ0v) is 34.0. The van der Waals surface area contributed by atoms with Crippen molar-refractivity contribution in [2.45, 2.75) is 240 Å². The fourth-order valence-corrected chi connectivity index (χ4v) is 6.37. The maximum absolute atomic E-state index is 12.6. The summed E-state index contributed by atoms with van der Waals surface area (Å²) in [5.74, 6) is 0.795. The predicted molar refractivity (Wildman–Crippen MR) is 210 cm³/mol. The highest BCUT2D eigenvalue weighted by Crippen LogP contribution is 2.17. The highest BCUT2D eigenvalue weighted by molar-refractivity contribution is 5.71. The maximum atomic E-state index is 12.6. The molecule has 0 aromatic rings. The van der Waals surface area contributed by atoms with Crippen LogP contribution in [-0.2, 0) is 28.6 Å². The van der Waals surface area contributed by atoms with Crippen molar-refractivity contribution >= 4 is 17.9 Å². The molecule has 0 radical (unpaired) electrons. The molecule has 0 rings (SSSR count). The monoisotopic (exact) mass is 709 g/mol. The average molecular weight is 709 g/mol. The molecule has 6 heteroatoms. The van der Waals surface area contributed by atoms with E-state index >= 15 is 0 Å². The molecule has 0 aromatic heterocycles. The first-order valence-electron chi connectivity index (χ1n) is 21.8. The van der Waals surface area contributed by atoms with E-state index in [0.717, 1.165) is 69.6 Å². The van der Waals surface area contributed by atoms with Crippen LogP contribution in [-0.4, -0.2) is 37.2 Å². The van der Waals surface area contributed by atoms with Crippen LogP contribution in [0.25, 0.3) is 0 Å². The Hall–Kier alpha value is -1.59. The normalized spacial score (nSPS) is 12.6. The van der Waals surface area contributed by atoms with Crippen molar-refractivity contribution in [3.63, 3.8) is 0 Å². The number of hydrogen-bond acceptors (Lipinski definition) is 6. The van der Waals surface area contributed by atoms with Gasteiger partial charge in [-0.25, -0.2) is 0 Å². The molecule has 0 aliphatic carbocycles. The molecule has 2 atom stereocenters. The zero-order chi connectivity index (χ0) is 36.9. The second-order valence-electron chi connectivity index (χ2n) is 15.7. The van der Waals surface area contributed by atoms with E-state index in [9.17, 15) is 14.4 Å². The van der Waals surface area contributed by atoms with Crippen LogP contribution in [0.4, 0.5) is 0 Å². The lowest BCUT2D eigenvalue weighted by Gasteiger charge is -2.18. The third-order valence-electron chi connectivity index (χ3n) is 10.1. The Balaban J connectivity index is 4.29. The fraction of sp³-hybridized carbons (Fsp3) is 0.932. The maximum Gasteiger partial charge on any atom is 0.306 e. The molecule has 0 aliphatic rings. The molecule has 0 aliphatic heterocycles. The number of esters is 3. The van der Waals surface area contributed by atoms with E-state index in [0.29, 0.717) is 19.3 Å². The molecule has 0 bridgehead atoms. The Morgan fingerprint density at radius 2 is 0.760 bits per heavy atom. The third-order valence-corrected chi connectivity index (χ3v) is 10.1. The van der Waals surface area contributed by atoms with Gasteiger partial charge in [-0.3, -0.25) is 14.4 Å². The Morgan fingerprint density at radius 1 is 0.420 bits per heavy atom. The van der Waals surface area contributed by atoms with Crippen molar-refractivity contribution in [2.75, 3.05) is 13.2 Å². The van der Waals surface area contributed by atoms with Crippen molar-refractivity contribution in [2.24, 2.45) is 11.8 Å². The van der Waals surface area contributed by atoms with Gasteiger partial charge in [0.25, 0.3) is 0 Å². The second kappa shape index (κ2) is 37.2. The van der Waals surface area contributed by atoms with E-state index in [1.165, 1.54) is 122 Å². The van der Waals surface area contributed by atoms with Crippen molar-refractivity contribution in [3.8, 4) is 0 Å². The van der Waals surface area contributed by atoms with Gasteiger partial charge in [0.15, 0.2) is 6.10 Å². The van der Waals surface area contributed by atoms with Gasteiger partial charge >= 0.3 is 17.9 Å². The molecule has 0 aromatic carbocycles.